The summed E-state index contributed by atoms with van der Waals surface area (Å²) in [5.74, 6) is 1.58. The van der Waals surface area contributed by atoms with Gasteiger partial charge in [-0.25, -0.2) is 9.67 Å². The van der Waals surface area contributed by atoms with Gasteiger partial charge in [-0.1, -0.05) is 147 Å². The Labute approximate surface area is 315 Å². The number of aromatic nitrogens is 7. The molecule has 0 bridgehead atoms. The van der Waals surface area contributed by atoms with Crippen molar-refractivity contribution in [3.63, 3.8) is 0 Å². The van der Waals surface area contributed by atoms with E-state index in [-0.39, 0.29) is 0 Å². The van der Waals surface area contributed by atoms with Crippen LogP contribution in [0.3, 0.4) is 0 Å². The summed E-state index contributed by atoms with van der Waals surface area (Å²) in [5, 5.41) is 27.0. The molecule has 0 spiro atoms. The first kappa shape index (κ1) is 34.4. The van der Waals surface area contributed by atoms with Crippen LogP contribution in [0.2, 0.25) is 0 Å². The second kappa shape index (κ2) is 15.1. The zero-order valence-corrected chi connectivity index (χ0v) is 30.5. The molecular weight excluding hydrogens is 667 g/mol. The van der Waals surface area contributed by atoms with Crippen LogP contribution in [-0.2, 0) is 18.5 Å². The zero-order valence-electron chi connectivity index (χ0n) is 30.5. The lowest BCUT2D eigenvalue weighted by molar-refractivity contribution is -0.593. The molecule has 3 heterocycles. The van der Waals surface area contributed by atoms with Crippen LogP contribution < -0.4 is 4.73 Å². The molecule has 8 nitrogen and oxygen atoms in total. The number of nitrogens with zero attached hydrogens (tertiary/aromatic N) is 7. The third kappa shape index (κ3) is 6.47. The minimum atomic E-state index is -0.902. The van der Waals surface area contributed by atoms with Crippen molar-refractivity contribution in [1.29, 1.82) is 0 Å². The van der Waals surface area contributed by atoms with E-state index in [9.17, 15) is 5.21 Å². The smallest absolute Gasteiger partial charge is 0.244 e. The van der Waals surface area contributed by atoms with Crippen molar-refractivity contribution in [3.05, 3.63) is 203 Å². The van der Waals surface area contributed by atoms with Crippen LogP contribution in [0.5, 0.6) is 0 Å². The van der Waals surface area contributed by atoms with E-state index in [0.29, 0.717) is 23.8 Å². The third-order valence-corrected chi connectivity index (χ3v) is 10.1. The van der Waals surface area contributed by atoms with Gasteiger partial charge in [0.15, 0.2) is 17.7 Å². The van der Waals surface area contributed by atoms with E-state index in [0.717, 1.165) is 74.3 Å². The second-order valence-electron chi connectivity index (χ2n) is 13.7. The standard InChI is InChI=1S/C46H41N7O/c1-3-4-25-44-47-42(43-30-34(2)28-29-52(43)54)33-51(44)32-35-26-27-40(36-17-9-5-10-18-36)41(31-35)45-48-49-50-53(45)46(37-19-11-6-12-20-37,38-21-13-7-14-22-38)39-23-15-8-16-24-39/h5-24,26-31,33H,3-4,25,32H2,1-2H3. The van der Waals surface area contributed by atoms with E-state index in [1.54, 1.807) is 6.20 Å². The predicted molar refractivity (Wildman–Crippen MR) is 212 cm³/mol. The lowest BCUT2D eigenvalue weighted by Crippen LogP contribution is -2.39. The summed E-state index contributed by atoms with van der Waals surface area (Å²) in [6.07, 6.45) is 6.40. The molecular formula is C46H41N7O. The Morgan fingerprint density at radius 2 is 1.31 bits per heavy atom. The maximum absolute atomic E-state index is 12.9. The molecule has 0 atom stereocenters. The average molecular weight is 708 g/mol. The van der Waals surface area contributed by atoms with E-state index in [2.05, 4.69) is 132 Å². The topological polar surface area (TPSA) is 88.4 Å². The molecule has 8 aromatic rings. The Bertz CT molecular complexity index is 2380. The van der Waals surface area contributed by atoms with Gasteiger partial charge in [0.05, 0.1) is 0 Å². The SMILES string of the molecule is CCCCc1nc(-c2cc(C)cc[n+]2[O-])cn1Cc1ccc(-c2ccccc2)c(-c2nnnn2C(c2ccccc2)(c2ccccc2)c2ccccc2)c1. The number of unbranched alkanes of at least 4 members (excludes halogenated alkanes) is 1. The first-order chi connectivity index (χ1) is 26.6. The molecule has 54 heavy (non-hydrogen) atoms. The van der Waals surface area contributed by atoms with E-state index in [1.165, 1.54) is 0 Å². The fraction of sp³-hybridized carbons (Fsp3) is 0.152. The summed E-state index contributed by atoms with van der Waals surface area (Å²) in [5.41, 5.74) is 8.47. The molecule has 0 fully saturated rings. The second-order valence-corrected chi connectivity index (χ2v) is 13.7. The number of aryl methyl sites for hydroxylation is 2. The summed E-state index contributed by atoms with van der Waals surface area (Å²) >= 11 is 0. The van der Waals surface area contributed by atoms with Crippen molar-refractivity contribution in [3.8, 4) is 33.9 Å². The summed E-state index contributed by atoms with van der Waals surface area (Å²) in [7, 11) is 0. The molecule has 0 aliphatic rings. The van der Waals surface area contributed by atoms with Gasteiger partial charge in [0.1, 0.15) is 11.4 Å². The molecule has 0 unspecified atom stereocenters. The van der Waals surface area contributed by atoms with Crippen LogP contribution in [0.15, 0.2) is 164 Å². The Kier molecular flexibility index (Phi) is 9.64. The molecule has 0 saturated heterocycles. The Balaban J connectivity index is 1.33. The minimum Gasteiger partial charge on any atom is -0.618 e. The first-order valence-electron chi connectivity index (χ1n) is 18.5. The first-order valence-corrected chi connectivity index (χ1v) is 18.5. The van der Waals surface area contributed by atoms with Crippen LogP contribution in [0, 0.1) is 12.1 Å². The molecule has 0 aliphatic heterocycles. The van der Waals surface area contributed by atoms with Crippen LogP contribution in [0.25, 0.3) is 33.9 Å². The number of imidazole rings is 1. The van der Waals surface area contributed by atoms with Gasteiger partial charge in [0.25, 0.3) is 0 Å². The maximum atomic E-state index is 12.9. The Morgan fingerprint density at radius 1 is 0.704 bits per heavy atom. The van der Waals surface area contributed by atoms with E-state index in [1.807, 2.05) is 54.2 Å². The van der Waals surface area contributed by atoms with Gasteiger partial charge in [-0.15, -0.1) is 5.10 Å². The molecule has 8 heteroatoms. The van der Waals surface area contributed by atoms with Crippen molar-refractivity contribution in [1.82, 2.24) is 29.8 Å². The number of benzene rings is 5. The monoisotopic (exact) mass is 707 g/mol. The van der Waals surface area contributed by atoms with Crippen molar-refractivity contribution in [2.45, 2.75) is 45.2 Å². The summed E-state index contributed by atoms with van der Waals surface area (Å²) in [4.78, 5) is 5.01. The number of tetrazole rings is 1. The van der Waals surface area contributed by atoms with Gasteiger partial charge in [0, 0.05) is 36.9 Å². The number of hydrogen-bond acceptors (Lipinski definition) is 5. The van der Waals surface area contributed by atoms with Crippen LogP contribution in [0.1, 0.15) is 53.4 Å². The predicted octanol–water partition coefficient (Wildman–Crippen LogP) is 9.04. The van der Waals surface area contributed by atoms with Gasteiger partial charge in [-0.3, -0.25) is 0 Å². The van der Waals surface area contributed by atoms with Gasteiger partial charge in [-0.05, 0) is 68.8 Å². The average Bonchev–Trinajstić information content (AvgIpc) is 3.88. The third-order valence-electron chi connectivity index (χ3n) is 10.1. The van der Waals surface area contributed by atoms with Gasteiger partial charge in [-0.2, -0.15) is 4.73 Å². The normalized spacial score (nSPS) is 11.5. The summed E-state index contributed by atoms with van der Waals surface area (Å²) in [6, 6.07) is 52.0. The van der Waals surface area contributed by atoms with Crippen molar-refractivity contribution in [2.75, 3.05) is 0 Å². The fourth-order valence-electron chi connectivity index (χ4n) is 7.46. The molecule has 0 N–H and O–H groups in total. The highest BCUT2D eigenvalue weighted by Crippen LogP contribution is 2.43. The molecule has 3 aromatic heterocycles. The lowest BCUT2D eigenvalue weighted by atomic mass is 9.77. The minimum absolute atomic E-state index is 0.546. The molecule has 0 saturated carbocycles. The highest BCUT2D eigenvalue weighted by Gasteiger charge is 2.42. The molecule has 0 aliphatic carbocycles. The highest BCUT2D eigenvalue weighted by molar-refractivity contribution is 5.81. The fourth-order valence-corrected chi connectivity index (χ4v) is 7.46. The van der Waals surface area contributed by atoms with Crippen molar-refractivity contribution in [2.24, 2.45) is 0 Å². The largest absolute Gasteiger partial charge is 0.618 e. The molecule has 8 rings (SSSR count). The molecule has 0 amide bonds. The van der Waals surface area contributed by atoms with Crippen LogP contribution >= 0.6 is 0 Å². The van der Waals surface area contributed by atoms with Crippen molar-refractivity contribution >= 4 is 0 Å². The van der Waals surface area contributed by atoms with Gasteiger partial charge < -0.3 is 9.77 Å². The van der Waals surface area contributed by atoms with E-state index >= 15 is 0 Å². The van der Waals surface area contributed by atoms with Crippen LogP contribution in [0.4, 0.5) is 0 Å². The lowest BCUT2D eigenvalue weighted by Gasteiger charge is -2.36. The maximum Gasteiger partial charge on any atom is 0.244 e. The van der Waals surface area contributed by atoms with E-state index < -0.39 is 5.54 Å². The zero-order chi connectivity index (χ0) is 36.9. The Morgan fingerprint density at radius 3 is 1.93 bits per heavy atom. The highest BCUT2D eigenvalue weighted by atomic mass is 16.5. The van der Waals surface area contributed by atoms with Gasteiger partial charge in [0.2, 0.25) is 5.69 Å². The number of pyridine rings is 1. The van der Waals surface area contributed by atoms with E-state index in [4.69, 9.17) is 15.3 Å². The van der Waals surface area contributed by atoms with Gasteiger partial charge >= 0.3 is 0 Å². The van der Waals surface area contributed by atoms with Crippen molar-refractivity contribution < 1.29 is 4.73 Å². The molecule has 266 valence electrons. The number of hydrogen-bond donors (Lipinski definition) is 0. The molecule has 0 radical (unpaired) electrons. The number of rotatable bonds is 12. The Hall–Kier alpha value is -6.67. The quantitative estimate of drug-likeness (QED) is 0.0719. The molecule has 5 aromatic carbocycles. The summed E-state index contributed by atoms with van der Waals surface area (Å²) < 4.78 is 5.07. The van der Waals surface area contributed by atoms with Crippen LogP contribution in [-0.4, -0.2) is 29.8 Å². The summed E-state index contributed by atoms with van der Waals surface area (Å²) in [6.45, 7) is 4.73.